The number of rotatable bonds is 4. The maximum Gasteiger partial charge on any atom is 0.213 e. The Morgan fingerprint density at radius 3 is 2.25 bits per heavy atom. The predicted molar refractivity (Wildman–Crippen MR) is 188 cm³/mol. The maximum atomic E-state index is 6.54. The van der Waals surface area contributed by atoms with Crippen LogP contribution >= 0.6 is 22.9 Å². The molecular formula is C39H25ClN2OS. The fourth-order valence-corrected chi connectivity index (χ4v) is 8.03. The number of thiophene rings is 1. The van der Waals surface area contributed by atoms with Crippen molar-refractivity contribution in [2.45, 2.75) is 6.92 Å². The molecule has 0 aliphatic heterocycles. The third-order valence-electron chi connectivity index (χ3n) is 8.63. The average molecular weight is 605 g/mol. The highest BCUT2D eigenvalue weighted by Gasteiger charge is 2.23. The third kappa shape index (κ3) is 3.75. The van der Waals surface area contributed by atoms with Crippen LogP contribution in [0.4, 0.5) is 17.1 Å². The van der Waals surface area contributed by atoms with Crippen LogP contribution in [0.5, 0.6) is 0 Å². The minimum atomic E-state index is 0.694. The Morgan fingerprint density at radius 1 is 0.636 bits per heavy atom. The van der Waals surface area contributed by atoms with Gasteiger partial charge >= 0.3 is 0 Å². The number of halogens is 1. The number of nitrogens with zero attached hydrogens (tertiary/aromatic N) is 2. The molecule has 0 spiro atoms. The van der Waals surface area contributed by atoms with E-state index in [4.69, 9.17) is 16.0 Å². The van der Waals surface area contributed by atoms with Crippen molar-refractivity contribution in [3.8, 4) is 5.69 Å². The summed E-state index contributed by atoms with van der Waals surface area (Å²) in [6, 6.07) is 46.9. The van der Waals surface area contributed by atoms with Crippen LogP contribution in [0, 0.1) is 6.92 Å². The Labute approximate surface area is 262 Å². The third-order valence-corrected chi connectivity index (χ3v) is 10.00. The molecule has 0 atom stereocenters. The van der Waals surface area contributed by atoms with Crippen LogP contribution < -0.4 is 4.90 Å². The smallest absolute Gasteiger partial charge is 0.213 e. The maximum absolute atomic E-state index is 6.54. The zero-order valence-electron chi connectivity index (χ0n) is 23.8. The number of hydrogen-bond acceptors (Lipinski definition) is 3. The first-order valence-corrected chi connectivity index (χ1v) is 15.8. The van der Waals surface area contributed by atoms with Gasteiger partial charge in [-0.1, -0.05) is 66.2 Å². The lowest BCUT2D eigenvalue weighted by Gasteiger charge is -2.27. The van der Waals surface area contributed by atoms with Gasteiger partial charge in [0, 0.05) is 58.7 Å². The van der Waals surface area contributed by atoms with E-state index in [1.807, 2.05) is 35.6 Å². The van der Waals surface area contributed by atoms with Gasteiger partial charge in [-0.15, -0.1) is 11.3 Å². The van der Waals surface area contributed by atoms with E-state index < -0.39 is 0 Å². The molecule has 9 aromatic rings. The number of fused-ring (bicyclic) bond motifs is 8. The largest absolute Gasteiger partial charge is 0.439 e. The lowest BCUT2D eigenvalue weighted by atomic mass is 10.0. The second kappa shape index (κ2) is 9.75. The van der Waals surface area contributed by atoms with Gasteiger partial charge in [-0.05, 0) is 91.3 Å². The molecule has 0 aliphatic rings. The summed E-state index contributed by atoms with van der Waals surface area (Å²) in [4.78, 5) is 2.37. The fraction of sp³-hybridized carbons (Fsp3) is 0.0256. The summed E-state index contributed by atoms with van der Waals surface area (Å²) >= 11 is 8.34. The van der Waals surface area contributed by atoms with Crippen molar-refractivity contribution in [1.29, 1.82) is 0 Å². The molecule has 0 saturated heterocycles. The number of aromatic nitrogens is 1. The van der Waals surface area contributed by atoms with Crippen LogP contribution in [0.3, 0.4) is 0 Å². The van der Waals surface area contributed by atoms with Crippen molar-refractivity contribution in [2.75, 3.05) is 4.90 Å². The zero-order chi connectivity index (χ0) is 29.4. The Balaban J connectivity index is 1.35. The van der Waals surface area contributed by atoms with Crippen molar-refractivity contribution in [2.24, 2.45) is 0 Å². The normalized spacial score (nSPS) is 11.9. The monoisotopic (exact) mass is 604 g/mol. The van der Waals surface area contributed by atoms with Crippen LogP contribution in [0.2, 0.25) is 5.02 Å². The number of furan rings is 1. The number of para-hydroxylation sites is 2. The van der Waals surface area contributed by atoms with Crippen LogP contribution in [0.25, 0.3) is 58.8 Å². The average Bonchev–Trinajstić information content (AvgIpc) is 3.72. The second-order valence-corrected chi connectivity index (χ2v) is 12.7. The summed E-state index contributed by atoms with van der Waals surface area (Å²) in [5.41, 5.74) is 8.36. The van der Waals surface area contributed by atoms with Crippen molar-refractivity contribution in [1.82, 2.24) is 4.57 Å². The molecule has 0 N–H and O–H groups in total. The van der Waals surface area contributed by atoms with Gasteiger partial charge in [-0.25, -0.2) is 0 Å². The lowest BCUT2D eigenvalue weighted by Crippen LogP contribution is -2.11. The standard InChI is InChI=1S/C39H25ClN2OS/c1-24-32(19-21-36-37(24)30-14-8-9-15-35(30)44-36)41(26-10-4-2-5-11-26)28-17-18-29-33(23-28)42(27-12-6-3-7-13-27)39-38(29)31-22-25(40)16-20-34(31)43-39/h2-23H,1H3. The van der Waals surface area contributed by atoms with Crippen molar-refractivity contribution < 1.29 is 4.42 Å². The summed E-state index contributed by atoms with van der Waals surface area (Å²) in [5, 5.41) is 6.53. The van der Waals surface area contributed by atoms with Crippen molar-refractivity contribution in [3.05, 3.63) is 144 Å². The molecule has 0 bridgehead atoms. The molecule has 0 aliphatic carbocycles. The van der Waals surface area contributed by atoms with Gasteiger partial charge in [0.05, 0.1) is 10.9 Å². The minimum Gasteiger partial charge on any atom is -0.439 e. The van der Waals surface area contributed by atoms with Gasteiger partial charge in [0.25, 0.3) is 0 Å². The number of aryl methyl sites for hydroxylation is 1. The van der Waals surface area contributed by atoms with E-state index in [1.54, 1.807) is 0 Å². The lowest BCUT2D eigenvalue weighted by molar-refractivity contribution is 0.645. The van der Waals surface area contributed by atoms with Crippen LogP contribution in [0.1, 0.15) is 5.56 Å². The zero-order valence-corrected chi connectivity index (χ0v) is 25.4. The highest BCUT2D eigenvalue weighted by Crippen LogP contribution is 2.46. The molecule has 0 fully saturated rings. The fourth-order valence-electron chi connectivity index (χ4n) is 6.70. The van der Waals surface area contributed by atoms with E-state index in [1.165, 1.54) is 25.7 Å². The van der Waals surface area contributed by atoms with Crippen LogP contribution in [-0.2, 0) is 0 Å². The Bertz CT molecular complexity index is 2530. The summed E-state index contributed by atoms with van der Waals surface area (Å²) < 4.78 is 11.4. The summed E-state index contributed by atoms with van der Waals surface area (Å²) in [7, 11) is 0. The molecule has 3 nitrogen and oxygen atoms in total. The number of anilines is 3. The van der Waals surface area contributed by atoms with Crippen molar-refractivity contribution >= 4 is 93.1 Å². The topological polar surface area (TPSA) is 21.3 Å². The predicted octanol–water partition coefficient (Wildman–Crippen LogP) is 12.3. The Hall–Kier alpha value is -5.03. The first kappa shape index (κ1) is 25.5. The Morgan fingerprint density at radius 2 is 1.41 bits per heavy atom. The molecule has 0 amide bonds. The second-order valence-electron chi connectivity index (χ2n) is 11.1. The van der Waals surface area contributed by atoms with Crippen LogP contribution in [0.15, 0.2) is 138 Å². The van der Waals surface area contributed by atoms with E-state index in [-0.39, 0.29) is 0 Å². The molecule has 6 aromatic carbocycles. The van der Waals surface area contributed by atoms with Gasteiger partial charge in [-0.2, -0.15) is 0 Å². The van der Waals surface area contributed by atoms with Gasteiger partial charge in [0.2, 0.25) is 5.71 Å². The molecule has 3 aromatic heterocycles. The van der Waals surface area contributed by atoms with Crippen molar-refractivity contribution in [3.63, 3.8) is 0 Å². The summed E-state index contributed by atoms with van der Waals surface area (Å²) in [5.74, 6) is 0. The summed E-state index contributed by atoms with van der Waals surface area (Å²) in [6.07, 6.45) is 0. The number of benzene rings is 6. The molecule has 9 rings (SSSR count). The van der Waals surface area contributed by atoms with Gasteiger partial charge in [0.1, 0.15) is 5.58 Å². The minimum absolute atomic E-state index is 0.694. The molecular weight excluding hydrogens is 580 g/mol. The van der Waals surface area contributed by atoms with E-state index >= 15 is 0 Å². The molecule has 210 valence electrons. The Kier molecular flexibility index (Phi) is 5.64. The molecule has 0 saturated carbocycles. The van der Waals surface area contributed by atoms with Gasteiger partial charge in [-0.3, -0.25) is 4.57 Å². The van der Waals surface area contributed by atoms with Crippen LogP contribution in [-0.4, -0.2) is 4.57 Å². The van der Waals surface area contributed by atoms with E-state index in [2.05, 4.69) is 126 Å². The molecule has 0 unspecified atom stereocenters. The molecule has 3 heterocycles. The number of hydrogen-bond donors (Lipinski definition) is 0. The van der Waals surface area contributed by atoms with Gasteiger partial charge < -0.3 is 9.32 Å². The quantitative estimate of drug-likeness (QED) is 0.199. The highest BCUT2D eigenvalue weighted by atomic mass is 35.5. The molecule has 0 radical (unpaired) electrons. The first-order valence-electron chi connectivity index (χ1n) is 14.6. The molecule has 44 heavy (non-hydrogen) atoms. The SMILES string of the molecule is Cc1c(N(c2ccccc2)c2ccc3c4c5cc(Cl)ccc5oc4n(-c4ccccc4)c3c2)ccc2sc3ccccc3c12. The highest BCUT2D eigenvalue weighted by molar-refractivity contribution is 7.25. The summed E-state index contributed by atoms with van der Waals surface area (Å²) in [6.45, 7) is 2.25. The van der Waals surface area contributed by atoms with E-state index in [0.29, 0.717) is 5.02 Å². The van der Waals surface area contributed by atoms with Gasteiger partial charge in [0.15, 0.2) is 0 Å². The van der Waals surface area contributed by atoms with E-state index in [9.17, 15) is 0 Å². The van der Waals surface area contributed by atoms with E-state index in [0.717, 1.165) is 55.7 Å². The molecule has 5 heteroatoms. The first-order chi connectivity index (χ1) is 21.7.